The zero-order chi connectivity index (χ0) is 14.5. The van der Waals surface area contributed by atoms with Crippen molar-refractivity contribution in [2.45, 2.75) is 44.9 Å². The molecule has 0 spiro atoms. The van der Waals surface area contributed by atoms with Gasteiger partial charge in [0.15, 0.2) is 6.10 Å². The van der Waals surface area contributed by atoms with Crippen molar-refractivity contribution >= 4 is 29.9 Å². The van der Waals surface area contributed by atoms with Crippen LogP contribution in [0.1, 0.15) is 26.7 Å². The molecule has 1 aliphatic rings. The second-order valence-corrected chi connectivity index (χ2v) is 5.65. The van der Waals surface area contributed by atoms with E-state index in [0.29, 0.717) is 16.8 Å². The topological polar surface area (TPSA) is 50.4 Å². The summed E-state index contributed by atoms with van der Waals surface area (Å²) >= 11 is 5.89. The van der Waals surface area contributed by atoms with Crippen molar-refractivity contribution in [3.8, 4) is 5.75 Å². The van der Waals surface area contributed by atoms with Crippen LogP contribution in [0.25, 0.3) is 0 Å². The molecule has 1 aliphatic heterocycles. The maximum atomic E-state index is 12.1. The molecule has 1 aromatic rings. The van der Waals surface area contributed by atoms with Gasteiger partial charge in [-0.25, -0.2) is 0 Å². The minimum atomic E-state index is -0.539. The quantitative estimate of drug-likeness (QED) is 0.891. The van der Waals surface area contributed by atoms with Gasteiger partial charge in [-0.2, -0.15) is 0 Å². The van der Waals surface area contributed by atoms with E-state index in [-0.39, 0.29) is 24.4 Å². The van der Waals surface area contributed by atoms with E-state index in [0.717, 1.165) is 19.4 Å². The second kappa shape index (κ2) is 8.47. The van der Waals surface area contributed by atoms with Crippen molar-refractivity contribution in [2.24, 2.45) is 0 Å². The number of rotatable bonds is 4. The van der Waals surface area contributed by atoms with Gasteiger partial charge in [0.25, 0.3) is 5.91 Å². The Morgan fingerprint density at radius 3 is 2.95 bits per heavy atom. The average Bonchev–Trinajstić information content (AvgIpc) is 2.41. The highest BCUT2D eigenvalue weighted by atomic mass is 35.5. The van der Waals surface area contributed by atoms with Crippen LogP contribution in [0.3, 0.4) is 0 Å². The Bertz CT molecular complexity index is 471. The lowest BCUT2D eigenvalue weighted by atomic mass is 10.00. The van der Waals surface area contributed by atoms with Gasteiger partial charge < -0.3 is 15.4 Å². The summed E-state index contributed by atoms with van der Waals surface area (Å²) in [5.74, 6) is 0.514. The number of amides is 1. The normalized spacial score (nSPS) is 22.8. The molecule has 21 heavy (non-hydrogen) atoms. The van der Waals surface area contributed by atoms with E-state index < -0.39 is 6.10 Å². The van der Waals surface area contributed by atoms with Gasteiger partial charge in [-0.05, 0) is 51.4 Å². The van der Waals surface area contributed by atoms with Gasteiger partial charge in [-0.1, -0.05) is 17.7 Å². The van der Waals surface area contributed by atoms with Gasteiger partial charge in [-0.15, -0.1) is 12.4 Å². The zero-order valence-electron chi connectivity index (χ0n) is 12.3. The van der Waals surface area contributed by atoms with E-state index >= 15 is 0 Å². The minimum Gasteiger partial charge on any atom is -0.481 e. The molecule has 4 nitrogen and oxygen atoms in total. The molecule has 0 saturated carbocycles. The van der Waals surface area contributed by atoms with Crippen molar-refractivity contribution in [2.75, 3.05) is 6.54 Å². The Labute approximate surface area is 137 Å². The number of piperidine rings is 1. The number of hydrogen-bond donors (Lipinski definition) is 2. The van der Waals surface area contributed by atoms with Gasteiger partial charge in [-0.3, -0.25) is 4.79 Å². The largest absolute Gasteiger partial charge is 0.481 e. The summed E-state index contributed by atoms with van der Waals surface area (Å²) < 4.78 is 5.62. The van der Waals surface area contributed by atoms with Crippen LogP contribution in [0, 0.1) is 0 Å². The Kier molecular flexibility index (Phi) is 7.29. The van der Waals surface area contributed by atoms with Crippen LogP contribution in [-0.4, -0.2) is 30.6 Å². The van der Waals surface area contributed by atoms with Crippen LogP contribution < -0.4 is 15.4 Å². The Hall–Kier alpha value is -0.970. The number of halogens is 2. The van der Waals surface area contributed by atoms with Crippen LogP contribution in [0.4, 0.5) is 0 Å². The third kappa shape index (κ3) is 5.38. The SMILES string of the molecule is CC(Oc1cccc(Cl)c1)C(=O)NC1CCCNC1C.Cl. The maximum Gasteiger partial charge on any atom is 0.261 e. The zero-order valence-corrected chi connectivity index (χ0v) is 13.8. The van der Waals surface area contributed by atoms with E-state index in [1.54, 1.807) is 31.2 Å². The lowest BCUT2D eigenvalue weighted by Crippen LogP contribution is -2.54. The smallest absolute Gasteiger partial charge is 0.261 e. The summed E-state index contributed by atoms with van der Waals surface area (Å²) in [5.41, 5.74) is 0. The second-order valence-electron chi connectivity index (χ2n) is 5.22. The molecular weight excluding hydrogens is 311 g/mol. The predicted molar refractivity (Wildman–Crippen MR) is 87.4 cm³/mol. The molecule has 0 radical (unpaired) electrons. The summed E-state index contributed by atoms with van der Waals surface area (Å²) in [6.07, 6.45) is 1.55. The van der Waals surface area contributed by atoms with Crippen LogP contribution in [0.2, 0.25) is 5.02 Å². The van der Waals surface area contributed by atoms with Crippen LogP contribution in [0.15, 0.2) is 24.3 Å². The molecule has 1 aromatic carbocycles. The highest BCUT2D eigenvalue weighted by molar-refractivity contribution is 6.30. The molecule has 0 aromatic heterocycles. The van der Waals surface area contributed by atoms with E-state index in [1.807, 2.05) is 0 Å². The van der Waals surface area contributed by atoms with Crippen molar-refractivity contribution in [3.63, 3.8) is 0 Å². The Balaban J connectivity index is 0.00000220. The third-order valence-corrected chi connectivity index (χ3v) is 3.80. The number of nitrogens with one attached hydrogen (secondary N) is 2. The number of ether oxygens (including phenoxy) is 1. The lowest BCUT2D eigenvalue weighted by Gasteiger charge is -2.31. The van der Waals surface area contributed by atoms with Crippen LogP contribution >= 0.6 is 24.0 Å². The first-order valence-electron chi connectivity index (χ1n) is 7.02. The predicted octanol–water partition coefficient (Wildman–Crippen LogP) is 2.79. The number of benzene rings is 1. The van der Waals surface area contributed by atoms with Gasteiger partial charge in [0.2, 0.25) is 0 Å². The van der Waals surface area contributed by atoms with Gasteiger partial charge in [0, 0.05) is 17.1 Å². The first-order valence-corrected chi connectivity index (χ1v) is 7.40. The first kappa shape index (κ1) is 18.1. The number of carbonyl (C=O) groups excluding carboxylic acids is 1. The molecule has 3 unspecified atom stereocenters. The standard InChI is InChI=1S/C15H21ClN2O2.ClH/c1-10-14(7-4-8-17-10)18-15(19)11(2)20-13-6-3-5-12(16)9-13;/h3,5-6,9-11,14,17H,4,7-8H2,1-2H3,(H,18,19);1H. The van der Waals surface area contributed by atoms with Crippen molar-refractivity contribution < 1.29 is 9.53 Å². The Morgan fingerprint density at radius 2 is 2.29 bits per heavy atom. The van der Waals surface area contributed by atoms with E-state index in [1.165, 1.54) is 0 Å². The lowest BCUT2D eigenvalue weighted by molar-refractivity contribution is -0.128. The summed E-state index contributed by atoms with van der Waals surface area (Å²) in [6.45, 7) is 4.85. The average molecular weight is 333 g/mol. The minimum absolute atomic E-state index is 0. The van der Waals surface area contributed by atoms with Crippen molar-refractivity contribution in [1.82, 2.24) is 10.6 Å². The molecule has 118 valence electrons. The fourth-order valence-electron chi connectivity index (χ4n) is 2.34. The third-order valence-electron chi connectivity index (χ3n) is 3.57. The van der Waals surface area contributed by atoms with Crippen LogP contribution in [-0.2, 0) is 4.79 Å². The number of carbonyl (C=O) groups is 1. The molecule has 2 rings (SSSR count). The molecule has 1 amide bonds. The maximum absolute atomic E-state index is 12.1. The molecule has 3 atom stereocenters. The molecule has 1 heterocycles. The van der Waals surface area contributed by atoms with Gasteiger partial charge in [0.05, 0.1) is 0 Å². The molecule has 6 heteroatoms. The molecule has 2 N–H and O–H groups in total. The molecule has 0 aliphatic carbocycles. The fourth-order valence-corrected chi connectivity index (χ4v) is 2.52. The highest BCUT2D eigenvalue weighted by Crippen LogP contribution is 2.18. The van der Waals surface area contributed by atoms with Gasteiger partial charge >= 0.3 is 0 Å². The monoisotopic (exact) mass is 332 g/mol. The van der Waals surface area contributed by atoms with Crippen molar-refractivity contribution in [3.05, 3.63) is 29.3 Å². The molecule has 1 fully saturated rings. The summed E-state index contributed by atoms with van der Waals surface area (Å²) in [6, 6.07) is 7.54. The summed E-state index contributed by atoms with van der Waals surface area (Å²) in [5, 5.41) is 7.00. The Morgan fingerprint density at radius 1 is 1.52 bits per heavy atom. The number of hydrogen-bond acceptors (Lipinski definition) is 3. The molecule has 0 bridgehead atoms. The van der Waals surface area contributed by atoms with Gasteiger partial charge in [0.1, 0.15) is 5.75 Å². The van der Waals surface area contributed by atoms with E-state index in [4.69, 9.17) is 16.3 Å². The summed E-state index contributed by atoms with van der Waals surface area (Å²) in [7, 11) is 0. The molecular formula is C15H22Cl2N2O2. The van der Waals surface area contributed by atoms with E-state index in [9.17, 15) is 4.79 Å². The van der Waals surface area contributed by atoms with Crippen molar-refractivity contribution in [1.29, 1.82) is 0 Å². The molecule has 1 saturated heterocycles. The summed E-state index contributed by atoms with van der Waals surface area (Å²) in [4.78, 5) is 12.1. The first-order chi connectivity index (χ1) is 9.56. The highest BCUT2D eigenvalue weighted by Gasteiger charge is 2.25. The fraction of sp³-hybridized carbons (Fsp3) is 0.533. The van der Waals surface area contributed by atoms with Crippen LogP contribution in [0.5, 0.6) is 5.75 Å². The van der Waals surface area contributed by atoms with E-state index in [2.05, 4.69) is 17.6 Å².